The van der Waals surface area contributed by atoms with Crippen molar-refractivity contribution in [1.82, 2.24) is 15.2 Å². The van der Waals surface area contributed by atoms with Crippen molar-refractivity contribution in [2.75, 3.05) is 26.2 Å². The molecule has 0 bridgehead atoms. The average Bonchev–Trinajstić information content (AvgIpc) is 2.95. The average molecular weight is 291 g/mol. The van der Waals surface area contributed by atoms with Crippen LogP contribution in [-0.4, -0.2) is 48.3 Å². The fraction of sp³-hybridized carbons (Fsp3) is 0.706. The maximum Gasteiger partial charge on any atom is 0.0707 e. The van der Waals surface area contributed by atoms with Crippen molar-refractivity contribution in [1.29, 1.82) is 0 Å². The van der Waals surface area contributed by atoms with Gasteiger partial charge in [-0.15, -0.1) is 0 Å². The van der Waals surface area contributed by atoms with Gasteiger partial charge in [0.15, 0.2) is 0 Å². The van der Waals surface area contributed by atoms with E-state index in [0.29, 0.717) is 12.2 Å². The van der Waals surface area contributed by atoms with Gasteiger partial charge in [0.2, 0.25) is 0 Å². The van der Waals surface area contributed by atoms with Gasteiger partial charge in [-0.05, 0) is 50.0 Å². The number of hydrogen-bond acceptors (Lipinski definition) is 4. The van der Waals surface area contributed by atoms with Crippen molar-refractivity contribution >= 4 is 0 Å². The second-order valence-electron chi connectivity index (χ2n) is 5.84. The molecule has 1 fully saturated rings. The van der Waals surface area contributed by atoms with Crippen LogP contribution in [0.3, 0.4) is 0 Å². The predicted octanol–water partition coefficient (Wildman–Crippen LogP) is 2.45. The molecule has 0 amide bonds. The highest BCUT2D eigenvalue weighted by Crippen LogP contribution is 2.20. The molecule has 1 aliphatic heterocycles. The molecule has 2 atom stereocenters. The lowest BCUT2D eigenvalue weighted by molar-refractivity contribution is 0.0229. The van der Waals surface area contributed by atoms with Crippen LogP contribution in [0.1, 0.15) is 38.7 Å². The lowest BCUT2D eigenvalue weighted by atomic mass is 10.1. The lowest BCUT2D eigenvalue weighted by Crippen LogP contribution is -2.33. The van der Waals surface area contributed by atoms with Gasteiger partial charge in [-0.3, -0.25) is 9.88 Å². The van der Waals surface area contributed by atoms with E-state index >= 15 is 0 Å². The Kier molecular flexibility index (Phi) is 7.13. The highest BCUT2D eigenvalue weighted by atomic mass is 16.5. The van der Waals surface area contributed by atoms with Crippen LogP contribution in [-0.2, 0) is 11.3 Å². The summed E-state index contributed by atoms with van der Waals surface area (Å²) in [5, 5.41) is 3.46. The molecule has 4 nitrogen and oxygen atoms in total. The zero-order valence-corrected chi connectivity index (χ0v) is 13.4. The second kappa shape index (κ2) is 9.13. The molecule has 1 aromatic rings. The molecule has 0 aliphatic carbocycles. The molecule has 0 aromatic carbocycles. The Morgan fingerprint density at radius 2 is 2.00 bits per heavy atom. The van der Waals surface area contributed by atoms with Crippen molar-refractivity contribution in [2.24, 2.45) is 0 Å². The van der Waals surface area contributed by atoms with Crippen molar-refractivity contribution < 1.29 is 4.74 Å². The Bertz CT molecular complexity index is 385. The molecule has 0 saturated carbocycles. The molecule has 118 valence electrons. The number of ether oxygens (including phenoxy) is 1. The van der Waals surface area contributed by atoms with Gasteiger partial charge >= 0.3 is 0 Å². The van der Waals surface area contributed by atoms with Gasteiger partial charge in [-0.2, -0.15) is 0 Å². The summed E-state index contributed by atoms with van der Waals surface area (Å²) in [5.74, 6) is 0. The van der Waals surface area contributed by atoms with E-state index in [4.69, 9.17) is 4.74 Å². The molecule has 0 spiro atoms. The van der Waals surface area contributed by atoms with E-state index in [1.54, 1.807) is 0 Å². The van der Waals surface area contributed by atoms with Crippen LogP contribution in [0, 0.1) is 0 Å². The second-order valence-corrected chi connectivity index (χ2v) is 5.84. The van der Waals surface area contributed by atoms with Crippen LogP contribution in [0.4, 0.5) is 0 Å². The summed E-state index contributed by atoms with van der Waals surface area (Å²) in [7, 11) is 0. The lowest BCUT2D eigenvalue weighted by Gasteiger charge is -2.24. The van der Waals surface area contributed by atoms with Crippen molar-refractivity contribution in [3.05, 3.63) is 30.1 Å². The van der Waals surface area contributed by atoms with E-state index in [2.05, 4.69) is 41.2 Å². The maximum absolute atomic E-state index is 6.16. The number of pyridine rings is 1. The molecule has 1 saturated heterocycles. The van der Waals surface area contributed by atoms with Crippen LogP contribution >= 0.6 is 0 Å². The van der Waals surface area contributed by atoms with Gasteiger partial charge in [0.05, 0.1) is 12.2 Å². The quantitative estimate of drug-likeness (QED) is 0.709. The highest BCUT2D eigenvalue weighted by Gasteiger charge is 2.26. The largest absolute Gasteiger partial charge is 0.372 e. The van der Waals surface area contributed by atoms with E-state index in [0.717, 1.165) is 32.7 Å². The summed E-state index contributed by atoms with van der Waals surface area (Å²) in [6.45, 7) is 9.58. The van der Waals surface area contributed by atoms with E-state index in [-0.39, 0.29) is 0 Å². The minimum absolute atomic E-state index is 0.389. The zero-order chi connectivity index (χ0) is 14.9. The number of rotatable bonds is 9. The predicted molar refractivity (Wildman–Crippen MR) is 86.2 cm³/mol. The number of aromatic nitrogens is 1. The smallest absolute Gasteiger partial charge is 0.0707 e. The third-order valence-corrected chi connectivity index (χ3v) is 4.06. The Morgan fingerprint density at radius 1 is 1.24 bits per heavy atom. The van der Waals surface area contributed by atoms with Crippen LogP contribution in [0.2, 0.25) is 0 Å². The Labute approximate surface area is 128 Å². The molecular formula is C17H29N3O. The molecule has 0 radical (unpaired) electrons. The van der Waals surface area contributed by atoms with Gasteiger partial charge in [0.25, 0.3) is 0 Å². The first-order valence-corrected chi connectivity index (χ1v) is 8.29. The van der Waals surface area contributed by atoms with Crippen LogP contribution in [0.5, 0.6) is 0 Å². The van der Waals surface area contributed by atoms with Crippen molar-refractivity contribution in [3.8, 4) is 0 Å². The SMILES string of the molecule is CCCNCC1CCC(CN(CC)Cc2ccncc2)O1. The summed E-state index contributed by atoms with van der Waals surface area (Å²) in [5.41, 5.74) is 1.33. The first-order chi connectivity index (χ1) is 10.3. The van der Waals surface area contributed by atoms with Crippen molar-refractivity contribution in [3.63, 3.8) is 0 Å². The third kappa shape index (κ3) is 5.73. The zero-order valence-electron chi connectivity index (χ0n) is 13.4. The number of nitrogens with one attached hydrogen (secondary N) is 1. The molecule has 2 unspecified atom stereocenters. The van der Waals surface area contributed by atoms with Gasteiger partial charge in [0.1, 0.15) is 0 Å². The highest BCUT2D eigenvalue weighted by molar-refractivity contribution is 5.09. The molecular weight excluding hydrogens is 262 g/mol. The number of likely N-dealkylation sites (N-methyl/N-ethyl adjacent to an activating group) is 1. The van der Waals surface area contributed by atoms with E-state index in [1.807, 2.05) is 12.4 Å². The van der Waals surface area contributed by atoms with E-state index < -0.39 is 0 Å². The normalized spacial score (nSPS) is 22.0. The summed E-state index contributed by atoms with van der Waals surface area (Å²) in [4.78, 5) is 6.54. The summed E-state index contributed by atoms with van der Waals surface area (Å²) >= 11 is 0. The van der Waals surface area contributed by atoms with Crippen LogP contribution in [0.15, 0.2) is 24.5 Å². The Morgan fingerprint density at radius 3 is 2.71 bits per heavy atom. The molecule has 2 rings (SSSR count). The molecule has 1 aromatic heterocycles. The molecule has 4 heteroatoms. The Balaban J connectivity index is 1.72. The molecule has 1 N–H and O–H groups in total. The first kappa shape index (κ1) is 16.4. The van der Waals surface area contributed by atoms with Gasteiger partial charge in [-0.1, -0.05) is 13.8 Å². The summed E-state index contributed by atoms with van der Waals surface area (Å²) in [6.07, 6.45) is 8.09. The minimum atomic E-state index is 0.389. The molecule has 21 heavy (non-hydrogen) atoms. The first-order valence-electron chi connectivity index (χ1n) is 8.29. The third-order valence-electron chi connectivity index (χ3n) is 4.06. The summed E-state index contributed by atoms with van der Waals surface area (Å²) in [6, 6.07) is 4.19. The van der Waals surface area contributed by atoms with Gasteiger partial charge in [-0.25, -0.2) is 0 Å². The standard InChI is InChI=1S/C17H29N3O/c1-3-9-19-12-16-5-6-17(21-16)14-20(4-2)13-15-7-10-18-11-8-15/h7-8,10-11,16-17,19H,3-6,9,12-14H2,1-2H3. The number of hydrogen-bond donors (Lipinski definition) is 1. The Hall–Kier alpha value is -0.970. The number of nitrogens with zero attached hydrogens (tertiary/aromatic N) is 2. The van der Waals surface area contributed by atoms with Crippen molar-refractivity contribution in [2.45, 2.75) is 51.9 Å². The maximum atomic E-state index is 6.16. The van der Waals surface area contributed by atoms with E-state index in [1.165, 1.54) is 24.8 Å². The minimum Gasteiger partial charge on any atom is -0.372 e. The molecule has 2 heterocycles. The van der Waals surface area contributed by atoms with Gasteiger partial charge in [0, 0.05) is 32.0 Å². The fourth-order valence-electron chi connectivity index (χ4n) is 2.84. The monoisotopic (exact) mass is 291 g/mol. The van der Waals surface area contributed by atoms with Gasteiger partial charge < -0.3 is 10.1 Å². The fourth-order valence-corrected chi connectivity index (χ4v) is 2.84. The summed E-state index contributed by atoms with van der Waals surface area (Å²) < 4.78 is 6.16. The van der Waals surface area contributed by atoms with E-state index in [9.17, 15) is 0 Å². The van der Waals surface area contributed by atoms with Crippen LogP contribution in [0.25, 0.3) is 0 Å². The van der Waals surface area contributed by atoms with Crippen LogP contribution < -0.4 is 5.32 Å². The topological polar surface area (TPSA) is 37.4 Å². The molecule has 1 aliphatic rings.